The molecule has 17 heavy (non-hydrogen) atoms. The second-order valence-electron chi connectivity index (χ2n) is 4.36. The zero-order valence-corrected chi connectivity index (χ0v) is 10.7. The average molecular weight is 238 g/mol. The first-order valence-corrected chi connectivity index (χ1v) is 5.85. The van der Waals surface area contributed by atoms with Gasteiger partial charge in [0.15, 0.2) is 0 Å². The minimum atomic E-state index is -0.845. The Bertz CT molecular complexity index is 342. The summed E-state index contributed by atoms with van der Waals surface area (Å²) in [6, 6.07) is 7.58. The Morgan fingerprint density at radius 2 is 1.88 bits per heavy atom. The zero-order valence-electron chi connectivity index (χ0n) is 10.7. The number of para-hydroxylation sites is 1. The van der Waals surface area contributed by atoms with Crippen LogP contribution in [0.2, 0.25) is 0 Å². The fourth-order valence-electron chi connectivity index (χ4n) is 1.80. The van der Waals surface area contributed by atoms with Crippen molar-refractivity contribution in [3.05, 3.63) is 29.8 Å². The molecule has 4 nitrogen and oxygen atoms in total. The molecule has 0 aromatic heterocycles. The number of aliphatic hydroxyl groups excluding tert-OH is 2. The van der Waals surface area contributed by atoms with E-state index in [4.69, 9.17) is 0 Å². The van der Waals surface area contributed by atoms with Crippen molar-refractivity contribution in [1.82, 2.24) is 5.32 Å². The van der Waals surface area contributed by atoms with Gasteiger partial charge < -0.3 is 20.4 Å². The highest BCUT2D eigenvalue weighted by Gasteiger charge is 2.20. The molecule has 0 fully saturated rings. The van der Waals surface area contributed by atoms with Crippen molar-refractivity contribution < 1.29 is 10.2 Å². The smallest absolute Gasteiger partial charge is 0.107 e. The van der Waals surface area contributed by atoms with Crippen LogP contribution in [0, 0.1) is 0 Å². The van der Waals surface area contributed by atoms with Crippen molar-refractivity contribution >= 4 is 5.69 Å². The maximum atomic E-state index is 10.1. The van der Waals surface area contributed by atoms with Gasteiger partial charge in [0, 0.05) is 25.3 Å². The van der Waals surface area contributed by atoms with Crippen LogP contribution in [0.5, 0.6) is 0 Å². The number of rotatable bonds is 6. The first kappa shape index (κ1) is 14.0. The molecule has 0 amide bonds. The van der Waals surface area contributed by atoms with Gasteiger partial charge in [-0.3, -0.25) is 0 Å². The fourth-order valence-corrected chi connectivity index (χ4v) is 1.80. The highest BCUT2D eigenvalue weighted by molar-refractivity contribution is 5.53. The van der Waals surface area contributed by atoms with Crippen LogP contribution in [0.1, 0.15) is 18.1 Å². The number of nitrogens with zero attached hydrogens (tertiary/aromatic N) is 1. The summed E-state index contributed by atoms with van der Waals surface area (Å²) in [5, 5.41) is 23.0. The lowest BCUT2D eigenvalue weighted by molar-refractivity contribution is 0.0143. The van der Waals surface area contributed by atoms with E-state index >= 15 is 0 Å². The quantitative estimate of drug-likeness (QED) is 0.685. The van der Waals surface area contributed by atoms with Gasteiger partial charge in [0.1, 0.15) is 6.10 Å². The summed E-state index contributed by atoms with van der Waals surface area (Å²) in [4.78, 5) is 1.93. The molecule has 0 spiro atoms. The van der Waals surface area contributed by atoms with Crippen molar-refractivity contribution in [3.63, 3.8) is 0 Å². The molecule has 0 aliphatic rings. The lowest BCUT2D eigenvalue weighted by Crippen LogP contribution is -2.25. The number of aliphatic hydroxyl groups is 2. The molecule has 0 saturated carbocycles. The SMILES string of the molecule is CNCCC(O)C(O)c1ccccc1N(C)C. The molecule has 0 heterocycles. The van der Waals surface area contributed by atoms with Gasteiger partial charge in [-0.15, -0.1) is 0 Å². The number of benzene rings is 1. The minimum absolute atomic E-state index is 0.527. The van der Waals surface area contributed by atoms with Crippen LogP contribution in [0.3, 0.4) is 0 Å². The van der Waals surface area contributed by atoms with Gasteiger partial charge in [0.25, 0.3) is 0 Å². The largest absolute Gasteiger partial charge is 0.390 e. The normalized spacial score (nSPS) is 14.4. The van der Waals surface area contributed by atoms with Crippen molar-refractivity contribution in [2.24, 2.45) is 0 Å². The van der Waals surface area contributed by atoms with Crippen LogP contribution >= 0.6 is 0 Å². The maximum absolute atomic E-state index is 10.1. The number of hydrogen-bond donors (Lipinski definition) is 3. The van der Waals surface area contributed by atoms with Gasteiger partial charge in [-0.05, 0) is 26.1 Å². The monoisotopic (exact) mass is 238 g/mol. The van der Waals surface area contributed by atoms with Crippen LogP contribution in [-0.4, -0.2) is 44.0 Å². The average Bonchev–Trinajstić information content (AvgIpc) is 2.34. The van der Waals surface area contributed by atoms with Crippen molar-refractivity contribution in [3.8, 4) is 0 Å². The van der Waals surface area contributed by atoms with Crippen molar-refractivity contribution in [1.29, 1.82) is 0 Å². The lowest BCUT2D eigenvalue weighted by Gasteiger charge is -2.24. The molecule has 1 rings (SSSR count). The van der Waals surface area contributed by atoms with Crippen LogP contribution in [0.15, 0.2) is 24.3 Å². The highest BCUT2D eigenvalue weighted by atomic mass is 16.3. The summed E-state index contributed by atoms with van der Waals surface area (Å²) in [5.41, 5.74) is 1.70. The van der Waals surface area contributed by atoms with E-state index in [2.05, 4.69) is 5.32 Å². The molecular formula is C13H22N2O2. The summed E-state index contributed by atoms with van der Waals surface area (Å²) in [6.07, 6.45) is -1.06. The minimum Gasteiger partial charge on any atom is -0.390 e. The number of anilines is 1. The topological polar surface area (TPSA) is 55.7 Å². The van der Waals surface area contributed by atoms with Gasteiger partial charge in [0.2, 0.25) is 0 Å². The first-order chi connectivity index (χ1) is 8.07. The van der Waals surface area contributed by atoms with E-state index in [-0.39, 0.29) is 0 Å². The molecule has 0 bridgehead atoms. The number of nitrogens with one attached hydrogen (secondary N) is 1. The lowest BCUT2D eigenvalue weighted by atomic mass is 10.00. The third-order valence-electron chi connectivity index (χ3n) is 2.79. The summed E-state index contributed by atoms with van der Waals surface area (Å²) in [5.74, 6) is 0. The second kappa shape index (κ2) is 6.59. The third kappa shape index (κ3) is 3.70. The molecule has 3 N–H and O–H groups in total. The van der Waals surface area contributed by atoms with E-state index in [0.29, 0.717) is 13.0 Å². The van der Waals surface area contributed by atoms with E-state index in [9.17, 15) is 10.2 Å². The first-order valence-electron chi connectivity index (χ1n) is 5.85. The van der Waals surface area contributed by atoms with Gasteiger partial charge in [0.05, 0.1) is 6.10 Å². The van der Waals surface area contributed by atoms with Gasteiger partial charge in [-0.1, -0.05) is 18.2 Å². The summed E-state index contributed by atoms with van der Waals surface area (Å²) in [7, 11) is 5.67. The molecule has 1 aromatic rings. The third-order valence-corrected chi connectivity index (χ3v) is 2.79. The molecule has 2 atom stereocenters. The maximum Gasteiger partial charge on any atom is 0.107 e. The molecule has 96 valence electrons. The Balaban J connectivity index is 2.83. The van der Waals surface area contributed by atoms with Gasteiger partial charge >= 0.3 is 0 Å². The van der Waals surface area contributed by atoms with Crippen LogP contribution in [-0.2, 0) is 0 Å². The zero-order chi connectivity index (χ0) is 12.8. The highest BCUT2D eigenvalue weighted by Crippen LogP contribution is 2.27. The molecule has 0 aliphatic carbocycles. The molecule has 4 heteroatoms. The fraction of sp³-hybridized carbons (Fsp3) is 0.538. The molecule has 0 aliphatic heterocycles. The number of hydrogen-bond acceptors (Lipinski definition) is 4. The van der Waals surface area contributed by atoms with Gasteiger partial charge in [-0.25, -0.2) is 0 Å². The van der Waals surface area contributed by atoms with E-state index in [1.54, 1.807) is 0 Å². The van der Waals surface area contributed by atoms with Crippen molar-refractivity contribution in [2.45, 2.75) is 18.6 Å². The molecule has 0 radical (unpaired) electrons. The van der Waals surface area contributed by atoms with E-state index < -0.39 is 12.2 Å². The molecular weight excluding hydrogens is 216 g/mol. The Labute approximate surface area is 103 Å². The van der Waals surface area contributed by atoms with E-state index in [0.717, 1.165) is 11.3 Å². The standard InChI is InChI=1S/C13H22N2O2/c1-14-9-8-12(16)13(17)10-6-4-5-7-11(10)15(2)3/h4-7,12-14,16-17H,8-9H2,1-3H3. The molecule has 0 saturated heterocycles. The molecule has 1 aromatic carbocycles. The summed E-state index contributed by atoms with van der Waals surface area (Å²) in [6.45, 7) is 0.683. The Morgan fingerprint density at radius 1 is 1.24 bits per heavy atom. The predicted octanol–water partition coefficient (Wildman–Crippen LogP) is 0.756. The van der Waals surface area contributed by atoms with Crippen molar-refractivity contribution in [2.75, 3.05) is 32.6 Å². The Morgan fingerprint density at radius 3 is 2.47 bits per heavy atom. The second-order valence-corrected chi connectivity index (χ2v) is 4.36. The van der Waals surface area contributed by atoms with Crippen LogP contribution < -0.4 is 10.2 Å². The predicted molar refractivity (Wildman–Crippen MR) is 70.3 cm³/mol. The Kier molecular flexibility index (Phi) is 5.41. The van der Waals surface area contributed by atoms with E-state index in [1.807, 2.05) is 50.3 Å². The summed E-state index contributed by atoms with van der Waals surface area (Å²) >= 11 is 0. The van der Waals surface area contributed by atoms with Crippen LogP contribution in [0.4, 0.5) is 5.69 Å². The Hall–Kier alpha value is -1.10. The van der Waals surface area contributed by atoms with Crippen LogP contribution in [0.25, 0.3) is 0 Å². The molecule has 2 unspecified atom stereocenters. The van der Waals surface area contributed by atoms with Gasteiger partial charge in [-0.2, -0.15) is 0 Å². The van der Waals surface area contributed by atoms with E-state index in [1.165, 1.54) is 0 Å². The summed E-state index contributed by atoms with van der Waals surface area (Å²) < 4.78 is 0.